The molecule has 1 aliphatic rings. The molecule has 0 aliphatic heterocycles. The lowest BCUT2D eigenvalue weighted by molar-refractivity contribution is -0.923. The fraction of sp³-hybridized carbons (Fsp3) is 0.684. The molecule has 0 unspecified atom stereocenters. The third-order valence-corrected chi connectivity index (χ3v) is 5.79. The number of rotatable bonds is 8. The van der Waals surface area contributed by atoms with E-state index in [1.165, 1.54) is 0 Å². The number of quaternary nitrogens is 1. The van der Waals surface area contributed by atoms with Gasteiger partial charge in [-0.05, 0) is 52.0 Å². The minimum atomic E-state index is -0.552. The summed E-state index contributed by atoms with van der Waals surface area (Å²) in [5, 5.41) is 15.3. The highest BCUT2D eigenvalue weighted by molar-refractivity contribution is 14.0. The molecule has 1 aromatic rings. The van der Waals surface area contributed by atoms with Crippen LogP contribution >= 0.6 is 24.0 Å². The number of halogens is 1. The smallest absolute Gasteiger partial charge is 0.260 e. The molecular weight excluding hydrogens is 445 g/mol. The molecule has 0 saturated carbocycles. The number of hydrogen-bond acceptors (Lipinski definition) is 3. The van der Waals surface area contributed by atoms with Crippen LogP contribution in [0.15, 0.2) is 4.79 Å². The molecule has 1 heterocycles. The average Bonchev–Trinajstić information content (AvgIpc) is 2.62. The quantitative estimate of drug-likeness (QED) is 0.341. The van der Waals surface area contributed by atoms with E-state index in [-0.39, 0.29) is 35.3 Å². The van der Waals surface area contributed by atoms with Crippen LogP contribution in [0.5, 0.6) is 5.75 Å². The van der Waals surface area contributed by atoms with Crippen molar-refractivity contribution in [3.63, 3.8) is 0 Å². The molecule has 1 aliphatic carbocycles. The molecule has 2 N–H and O–H groups in total. The van der Waals surface area contributed by atoms with Gasteiger partial charge in [0.25, 0.3) is 11.5 Å². The molecule has 148 valence electrons. The fourth-order valence-electron chi connectivity index (χ4n) is 3.80. The summed E-state index contributed by atoms with van der Waals surface area (Å²) in [5.41, 5.74) is 0.537. The van der Waals surface area contributed by atoms with Crippen molar-refractivity contribution in [3.8, 4) is 5.75 Å². The molecule has 0 saturated heterocycles. The van der Waals surface area contributed by atoms with Crippen LogP contribution in [0.1, 0.15) is 61.6 Å². The van der Waals surface area contributed by atoms with E-state index in [2.05, 4.69) is 31.1 Å². The van der Waals surface area contributed by atoms with Gasteiger partial charge in [0.2, 0.25) is 0 Å². The van der Waals surface area contributed by atoms with Crippen molar-refractivity contribution in [3.05, 3.63) is 27.2 Å². The Hall–Kier alpha value is -1.09. The highest BCUT2D eigenvalue weighted by Crippen LogP contribution is 2.26. The van der Waals surface area contributed by atoms with Crippen LogP contribution in [0.3, 0.4) is 0 Å². The molecule has 0 radical (unpaired) electrons. The minimum Gasteiger partial charge on any atom is -0.872 e. The largest absolute Gasteiger partial charge is 0.872 e. The number of aromatic amines is 1. The van der Waals surface area contributed by atoms with Gasteiger partial charge in [-0.3, -0.25) is 9.59 Å². The summed E-state index contributed by atoms with van der Waals surface area (Å²) >= 11 is 0. The second kappa shape index (κ2) is 10.3. The highest BCUT2D eigenvalue weighted by Gasteiger charge is 2.21. The Morgan fingerprint density at radius 3 is 2.38 bits per heavy atom. The number of carbonyl (C=O) groups is 1. The monoisotopic (exact) mass is 477 g/mol. The van der Waals surface area contributed by atoms with Crippen molar-refractivity contribution < 1.29 is 14.4 Å². The van der Waals surface area contributed by atoms with Crippen molar-refractivity contribution in [2.45, 2.75) is 52.9 Å². The van der Waals surface area contributed by atoms with Crippen LogP contribution in [-0.4, -0.2) is 48.1 Å². The second-order valence-electron chi connectivity index (χ2n) is 6.95. The van der Waals surface area contributed by atoms with Crippen LogP contribution in [0.25, 0.3) is 0 Å². The van der Waals surface area contributed by atoms with Gasteiger partial charge >= 0.3 is 0 Å². The number of carbonyl (C=O) groups excluding carboxylic acids is 1. The Balaban J connectivity index is 0.00000338. The Morgan fingerprint density at radius 1 is 1.15 bits per heavy atom. The second-order valence-corrected chi connectivity index (χ2v) is 6.95. The van der Waals surface area contributed by atoms with Gasteiger partial charge in [0.05, 0.1) is 31.7 Å². The number of nitrogens with one attached hydrogen (secondary N) is 2. The SMILES string of the molecule is CC[N+](CC)(CC)CCCNC(=O)c1c([O-])c2c([nH]c1=O)CCCC2.I. The number of H-pyrrole nitrogens is 1. The number of pyridine rings is 1. The topological polar surface area (TPSA) is 85.0 Å². The molecule has 6 nitrogen and oxygen atoms in total. The molecule has 0 bridgehead atoms. The first-order valence-electron chi connectivity index (χ1n) is 9.56. The van der Waals surface area contributed by atoms with Crippen LogP contribution in [0.2, 0.25) is 0 Å². The average molecular weight is 477 g/mol. The molecule has 0 spiro atoms. The van der Waals surface area contributed by atoms with Gasteiger partial charge in [0.1, 0.15) is 0 Å². The zero-order chi connectivity index (χ0) is 18.4. The van der Waals surface area contributed by atoms with E-state index >= 15 is 0 Å². The summed E-state index contributed by atoms with van der Waals surface area (Å²) < 4.78 is 1.02. The molecule has 26 heavy (non-hydrogen) atoms. The van der Waals surface area contributed by atoms with Crippen molar-refractivity contribution >= 4 is 29.9 Å². The summed E-state index contributed by atoms with van der Waals surface area (Å²) in [4.78, 5) is 27.3. The molecule has 1 amide bonds. The van der Waals surface area contributed by atoms with E-state index in [1.807, 2.05) is 0 Å². The Bertz CT molecular complexity index is 660. The van der Waals surface area contributed by atoms with Gasteiger partial charge in [-0.1, -0.05) is 5.75 Å². The lowest BCUT2D eigenvalue weighted by Gasteiger charge is -2.35. The first kappa shape index (κ1) is 23.0. The number of fused-ring (bicyclic) bond motifs is 1. The maximum atomic E-state index is 12.5. The maximum Gasteiger partial charge on any atom is 0.260 e. The first-order valence-corrected chi connectivity index (χ1v) is 9.56. The number of aromatic nitrogens is 1. The number of nitrogens with zero attached hydrogens (tertiary/aromatic N) is 1. The third kappa shape index (κ3) is 5.00. The highest BCUT2D eigenvalue weighted by atomic mass is 127. The van der Waals surface area contributed by atoms with Crippen molar-refractivity contribution in [1.82, 2.24) is 10.3 Å². The van der Waals surface area contributed by atoms with E-state index < -0.39 is 11.5 Å². The zero-order valence-corrected chi connectivity index (χ0v) is 18.5. The summed E-state index contributed by atoms with van der Waals surface area (Å²) in [6.07, 6.45) is 4.10. The van der Waals surface area contributed by atoms with Crippen molar-refractivity contribution in [1.29, 1.82) is 0 Å². The van der Waals surface area contributed by atoms with E-state index in [0.717, 1.165) is 49.9 Å². The van der Waals surface area contributed by atoms with Crippen LogP contribution in [0.4, 0.5) is 0 Å². The normalized spacial score (nSPS) is 13.7. The van der Waals surface area contributed by atoms with Gasteiger partial charge in [0.15, 0.2) is 0 Å². The van der Waals surface area contributed by atoms with Crippen LogP contribution in [-0.2, 0) is 12.8 Å². The lowest BCUT2D eigenvalue weighted by Crippen LogP contribution is -2.49. The molecule has 0 atom stereocenters. The van der Waals surface area contributed by atoms with E-state index in [0.29, 0.717) is 30.6 Å². The number of aryl methyl sites for hydroxylation is 1. The summed E-state index contributed by atoms with van der Waals surface area (Å²) in [6, 6.07) is 0. The summed E-state index contributed by atoms with van der Waals surface area (Å²) in [6.45, 7) is 11.2. The zero-order valence-electron chi connectivity index (χ0n) is 16.2. The standard InChI is InChI=1S/C19H31N3O3.HI/c1-4-22(5-2,6-3)13-9-12-20-18(24)16-17(23)14-10-7-8-11-15(14)21-19(16)25;/h4-13H2,1-3H3,(H2-,20,21,23,24,25);1H. The van der Waals surface area contributed by atoms with Crippen LogP contribution in [0, 0.1) is 0 Å². The Kier molecular flexibility index (Phi) is 9.09. The predicted octanol–water partition coefficient (Wildman–Crippen LogP) is 1.94. The Labute approximate surface area is 173 Å². The molecule has 2 rings (SSSR count). The molecule has 7 heteroatoms. The maximum absolute atomic E-state index is 12.5. The van der Waals surface area contributed by atoms with E-state index in [9.17, 15) is 14.7 Å². The first-order chi connectivity index (χ1) is 12.0. The van der Waals surface area contributed by atoms with E-state index in [4.69, 9.17) is 0 Å². The Morgan fingerprint density at radius 2 is 1.77 bits per heavy atom. The summed E-state index contributed by atoms with van der Waals surface area (Å²) in [5.74, 6) is -0.918. The van der Waals surface area contributed by atoms with Crippen molar-refractivity contribution in [2.75, 3.05) is 32.7 Å². The minimum absolute atomic E-state index is 0. The van der Waals surface area contributed by atoms with E-state index in [1.54, 1.807) is 0 Å². The van der Waals surface area contributed by atoms with Gasteiger partial charge in [0, 0.05) is 18.7 Å². The number of amides is 1. The van der Waals surface area contributed by atoms with Gasteiger partial charge in [-0.15, -0.1) is 24.0 Å². The predicted molar refractivity (Wildman–Crippen MR) is 112 cm³/mol. The van der Waals surface area contributed by atoms with Crippen LogP contribution < -0.4 is 16.0 Å². The van der Waals surface area contributed by atoms with Gasteiger partial charge in [-0.2, -0.15) is 0 Å². The molecule has 1 aromatic heterocycles. The summed E-state index contributed by atoms with van der Waals surface area (Å²) in [7, 11) is 0. The third-order valence-electron chi connectivity index (χ3n) is 5.79. The molecule has 0 aromatic carbocycles. The van der Waals surface area contributed by atoms with Gasteiger partial charge in [-0.25, -0.2) is 0 Å². The van der Waals surface area contributed by atoms with Gasteiger partial charge < -0.3 is 19.9 Å². The molecule has 0 fully saturated rings. The number of hydrogen-bond donors (Lipinski definition) is 2. The lowest BCUT2D eigenvalue weighted by atomic mass is 9.93. The fourth-order valence-corrected chi connectivity index (χ4v) is 3.80. The molecular formula is C19H32IN3O3. The van der Waals surface area contributed by atoms with Crippen molar-refractivity contribution in [2.24, 2.45) is 0 Å².